The van der Waals surface area contributed by atoms with Crippen LogP contribution in [0.1, 0.15) is 0 Å². The van der Waals surface area contributed by atoms with E-state index in [9.17, 15) is 9.59 Å². The van der Waals surface area contributed by atoms with Crippen LogP contribution < -0.4 is 5.32 Å². The van der Waals surface area contributed by atoms with Gasteiger partial charge in [0.15, 0.2) is 0 Å². The van der Waals surface area contributed by atoms with Gasteiger partial charge in [-0.2, -0.15) is 0 Å². The molecule has 0 spiro atoms. The molecule has 1 amide bonds. The van der Waals surface area contributed by atoms with E-state index in [1.165, 1.54) is 6.08 Å². The average molecular weight is 199 g/mol. The van der Waals surface area contributed by atoms with Gasteiger partial charge in [0.05, 0.1) is 6.54 Å². The van der Waals surface area contributed by atoms with Crippen molar-refractivity contribution in [3.8, 4) is 0 Å². The monoisotopic (exact) mass is 199 g/mol. The van der Waals surface area contributed by atoms with Crippen molar-refractivity contribution in [1.29, 1.82) is 0 Å². The van der Waals surface area contributed by atoms with E-state index in [0.29, 0.717) is 0 Å². The summed E-state index contributed by atoms with van der Waals surface area (Å²) in [7, 11) is 0. The Morgan fingerprint density at radius 1 is 1.29 bits per heavy atom. The summed E-state index contributed by atoms with van der Waals surface area (Å²) < 4.78 is 9.19. The normalized spacial score (nSPS) is 8.57. The van der Waals surface area contributed by atoms with Gasteiger partial charge in [-0.25, -0.2) is 9.59 Å². The van der Waals surface area contributed by atoms with Gasteiger partial charge in [-0.05, 0) is 0 Å². The van der Waals surface area contributed by atoms with Crippen LogP contribution in [0, 0.1) is 0 Å². The van der Waals surface area contributed by atoms with Crippen molar-refractivity contribution < 1.29 is 19.1 Å². The Balaban J connectivity index is 3.35. The molecular formula is C9H13NO4. The molecule has 0 atom stereocenters. The predicted octanol–water partition coefficient (Wildman–Crippen LogP) is 0.628. The molecule has 5 nitrogen and oxygen atoms in total. The molecule has 1 N–H and O–H groups in total. The third-order valence-corrected chi connectivity index (χ3v) is 1.11. The van der Waals surface area contributed by atoms with E-state index in [-0.39, 0.29) is 19.8 Å². The van der Waals surface area contributed by atoms with Crippen LogP contribution in [0.15, 0.2) is 25.3 Å². The highest BCUT2D eigenvalue weighted by atomic mass is 16.6. The first-order valence-electron chi connectivity index (χ1n) is 4.01. The molecule has 0 bridgehead atoms. The van der Waals surface area contributed by atoms with E-state index in [1.54, 1.807) is 0 Å². The minimum absolute atomic E-state index is 0.0913. The maximum absolute atomic E-state index is 10.8. The van der Waals surface area contributed by atoms with E-state index in [2.05, 4.69) is 27.9 Å². The lowest BCUT2D eigenvalue weighted by atomic mass is 10.6. The molecule has 14 heavy (non-hydrogen) atoms. The minimum Gasteiger partial charge on any atom is -0.461 e. The van der Waals surface area contributed by atoms with Crippen LogP contribution in [0.4, 0.5) is 4.79 Å². The molecule has 0 aliphatic rings. The molecule has 0 unspecified atom stereocenters. The largest absolute Gasteiger partial charge is 0.461 e. The number of amides is 1. The Bertz CT molecular complexity index is 225. The second kappa shape index (κ2) is 7.85. The lowest BCUT2D eigenvalue weighted by Gasteiger charge is -2.04. The minimum atomic E-state index is -0.570. The van der Waals surface area contributed by atoms with Gasteiger partial charge in [0.2, 0.25) is 0 Å². The highest BCUT2D eigenvalue weighted by Crippen LogP contribution is 1.80. The second-order valence-electron chi connectivity index (χ2n) is 2.19. The summed E-state index contributed by atoms with van der Waals surface area (Å²) in [6.07, 6.45) is 1.94. The topological polar surface area (TPSA) is 64.6 Å². The molecule has 0 aliphatic heterocycles. The first-order valence-corrected chi connectivity index (χ1v) is 4.01. The summed E-state index contributed by atoms with van der Waals surface area (Å²) in [5.74, 6) is -0.522. The molecule has 0 saturated carbocycles. The number of carbonyl (C=O) groups is 2. The van der Waals surface area contributed by atoms with E-state index >= 15 is 0 Å². The number of hydrogen-bond donors (Lipinski definition) is 1. The molecule has 0 aromatic rings. The number of hydrogen-bond acceptors (Lipinski definition) is 4. The molecule has 0 heterocycles. The fourth-order valence-corrected chi connectivity index (χ4v) is 0.549. The number of esters is 1. The maximum Gasteiger partial charge on any atom is 0.407 e. The van der Waals surface area contributed by atoms with Gasteiger partial charge in [-0.3, -0.25) is 0 Å². The number of carbonyl (C=O) groups excluding carboxylic acids is 2. The number of nitrogens with one attached hydrogen (secondary N) is 1. The standard InChI is InChI=1S/C9H13NO4/c1-3-6-14-9(12)10-5-7-13-8(11)4-2/h3-4H,1-2,5-7H2,(H,10,12). The summed E-state index contributed by atoms with van der Waals surface area (Å²) in [6, 6.07) is 0. The molecule has 78 valence electrons. The van der Waals surface area contributed by atoms with Crippen molar-refractivity contribution in [1.82, 2.24) is 5.32 Å². The highest BCUT2D eigenvalue weighted by molar-refractivity contribution is 5.81. The van der Waals surface area contributed by atoms with Crippen molar-refractivity contribution in [2.24, 2.45) is 0 Å². The molecule has 0 aromatic carbocycles. The fourth-order valence-electron chi connectivity index (χ4n) is 0.549. The summed E-state index contributed by atoms with van der Waals surface area (Å²) in [6.45, 7) is 7.04. The second-order valence-corrected chi connectivity index (χ2v) is 2.19. The fraction of sp³-hybridized carbons (Fsp3) is 0.333. The van der Waals surface area contributed by atoms with Gasteiger partial charge in [-0.15, -0.1) is 0 Å². The molecule has 0 rings (SSSR count). The van der Waals surface area contributed by atoms with Gasteiger partial charge in [0, 0.05) is 6.08 Å². The van der Waals surface area contributed by atoms with Crippen LogP contribution in [0.2, 0.25) is 0 Å². The predicted molar refractivity (Wildman–Crippen MR) is 50.7 cm³/mol. The van der Waals surface area contributed by atoms with Gasteiger partial charge < -0.3 is 14.8 Å². The van der Waals surface area contributed by atoms with Gasteiger partial charge in [-0.1, -0.05) is 19.2 Å². The van der Waals surface area contributed by atoms with Crippen molar-refractivity contribution in [2.45, 2.75) is 0 Å². The molecule has 5 heteroatoms. The van der Waals surface area contributed by atoms with Gasteiger partial charge in [0.1, 0.15) is 13.2 Å². The van der Waals surface area contributed by atoms with E-state index in [1.807, 2.05) is 0 Å². The van der Waals surface area contributed by atoms with Crippen LogP contribution >= 0.6 is 0 Å². The molecule has 0 fully saturated rings. The summed E-state index contributed by atoms with van der Waals surface area (Å²) in [4.78, 5) is 21.3. The third kappa shape index (κ3) is 6.90. The summed E-state index contributed by atoms with van der Waals surface area (Å²) >= 11 is 0. The summed E-state index contributed by atoms with van der Waals surface area (Å²) in [5.41, 5.74) is 0. The van der Waals surface area contributed by atoms with Crippen LogP contribution in [-0.4, -0.2) is 31.8 Å². The zero-order valence-corrected chi connectivity index (χ0v) is 7.82. The van der Waals surface area contributed by atoms with Crippen LogP contribution in [0.5, 0.6) is 0 Å². The third-order valence-electron chi connectivity index (χ3n) is 1.11. The van der Waals surface area contributed by atoms with Crippen LogP contribution in [0.25, 0.3) is 0 Å². The Morgan fingerprint density at radius 3 is 2.57 bits per heavy atom. The lowest BCUT2D eigenvalue weighted by molar-refractivity contribution is -0.137. The Hall–Kier alpha value is -1.78. The lowest BCUT2D eigenvalue weighted by Crippen LogP contribution is -2.28. The van der Waals surface area contributed by atoms with Crippen molar-refractivity contribution in [3.05, 3.63) is 25.3 Å². The number of alkyl carbamates (subject to hydrolysis) is 1. The SMILES string of the molecule is C=CCOC(=O)NCCOC(=O)C=C. The number of rotatable bonds is 6. The first-order chi connectivity index (χ1) is 6.70. The smallest absolute Gasteiger partial charge is 0.407 e. The Morgan fingerprint density at radius 2 is 2.00 bits per heavy atom. The van der Waals surface area contributed by atoms with Crippen LogP contribution in [0.3, 0.4) is 0 Å². The van der Waals surface area contributed by atoms with Gasteiger partial charge >= 0.3 is 12.1 Å². The zero-order valence-electron chi connectivity index (χ0n) is 7.82. The molecule has 0 radical (unpaired) electrons. The quantitative estimate of drug-likeness (QED) is 0.295. The highest BCUT2D eigenvalue weighted by Gasteiger charge is 1.99. The Kier molecular flexibility index (Phi) is 6.85. The van der Waals surface area contributed by atoms with E-state index in [0.717, 1.165) is 6.08 Å². The van der Waals surface area contributed by atoms with Crippen molar-refractivity contribution in [3.63, 3.8) is 0 Å². The summed E-state index contributed by atoms with van der Waals surface area (Å²) in [5, 5.41) is 2.38. The molecular weight excluding hydrogens is 186 g/mol. The van der Waals surface area contributed by atoms with Crippen LogP contribution in [-0.2, 0) is 14.3 Å². The average Bonchev–Trinajstić information content (AvgIpc) is 2.21. The number of ether oxygens (including phenoxy) is 2. The molecule has 0 aromatic heterocycles. The van der Waals surface area contributed by atoms with Crippen molar-refractivity contribution in [2.75, 3.05) is 19.8 Å². The maximum atomic E-state index is 10.8. The Labute approximate surface area is 82.4 Å². The van der Waals surface area contributed by atoms with E-state index in [4.69, 9.17) is 0 Å². The van der Waals surface area contributed by atoms with E-state index < -0.39 is 12.1 Å². The van der Waals surface area contributed by atoms with Gasteiger partial charge in [0.25, 0.3) is 0 Å². The molecule has 0 aliphatic carbocycles. The van der Waals surface area contributed by atoms with Crippen molar-refractivity contribution >= 4 is 12.1 Å². The first kappa shape index (κ1) is 12.2. The zero-order chi connectivity index (χ0) is 10.8. The molecule has 0 saturated heterocycles.